The summed E-state index contributed by atoms with van der Waals surface area (Å²) in [5.41, 5.74) is 2.95. The van der Waals surface area contributed by atoms with Crippen LogP contribution in [0, 0.1) is 5.92 Å². The van der Waals surface area contributed by atoms with E-state index in [4.69, 9.17) is 5.11 Å². The van der Waals surface area contributed by atoms with Gasteiger partial charge < -0.3 is 19.7 Å². The van der Waals surface area contributed by atoms with Crippen LogP contribution in [0.1, 0.15) is 19.3 Å². The van der Waals surface area contributed by atoms with Gasteiger partial charge in [-0.15, -0.1) is 13.2 Å². The Balaban J connectivity index is 1.26. The normalized spacial score (nSPS) is 14.8. The summed E-state index contributed by atoms with van der Waals surface area (Å²) in [6.07, 6.45) is 2.00. The smallest absolute Gasteiger partial charge is 0.481 e. The zero-order valence-corrected chi connectivity index (χ0v) is 18.9. The number of carbonyl (C=O) groups is 1. The summed E-state index contributed by atoms with van der Waals surface area (Å²) >= 11 is 0. The number of pyridine rings is 1. The molecule has 0 amide bonds. The summed E-state index contributed by atoms with van der Waals surface area (Å²) < 4.78 is 41.4. The molecule has 0 bridgehead atoms. The Labute approximate surface area is 203 Å². The summed E-state index contributed by atoms with van der Waals surface area (Å²) in [5.74, 6) is 0.151. The van der Waals surface area contributed by atoms with Crippen molar-refractivity contribution in [1.29, 1.82) is 0 Å². The van der Waals surface area contributed by atoms with Crippen molar-refractivity contribution in [2.45, 2.75) is 25.6 Å². The lowest BCUT2D eigenvalue weighted by molar-refractivity contribution is -0.274. The van der Waals surface area contributed by atoms with Gasteiger partial charge in [-0.05, 0) is 43.0 Å². The van der Waals surface area contributed by atoms with Gasteiger partial charge >= 0.3 is 12.3 Å². The Morgan fingerprint density at radius 3 is 2.42 bits per heavy atom. The summed E-state index contributed by atoms with van der Waals surface area (Å²) in [6, 6.07) is 7.49. The van der Waals surface area contributed by atoms with Crippen molar-refractivity contribution >= 4 is 23.0 Å². The van der Waals surface area contributed by atoms with Crippen LogP contribution in [0.4, 0.5) is 19.1 Å². The van der Waals surface area contributed by atoms with Crippen LogP contribution in [0.5, 0.6) is 5.75 Å². The highest BCUT2D eigenvalue weighted by Gasteiger charge is 2.31. The summed E-state index contributed by atoms with van der Waals surface area (Å²) in [4.78, 5) is 33.7. The molecule has 1 aliphatic rings. The average molecular weight is 498 g/mol. The molecule has 1 saturated heterocycles. The lowest BCUT2D eigenvalue weighted by atomic mass is 9.94. The molecule has 36 heavy (non-hydrogen) atoms. The molecule has 0 radical (unpaired) electrons. The topological polar surface area (TPSA) is 117 Å². The lowest BCUT2D eigenvalue weighted by Crippen LogP contribution is -2.35. The number of ether oxygens (including phenoxy) is 1. The van der Waals surface area contributed by atoms with Gasteiger partial charge in [0.15, 0.2) is 0 Å². The van der Waals surface area contributed by atoms with Crippen LogP contribution < -0.4 is 9.64 Å². The quantitative estimate of drug-likeness (QED) is 0.394. The van der Waals surface area contributed by atoms with Gasteiger partial charge in [0.1, 0.15) is 11.6 Å². The second-order valence-corrected chi connectivity index (χ2v) is 8.54. The monoisotopic (exact) mass is 498 g/mol. The van der Waals surface area contributed by atoms with Crippen molar-refractivity contribution in [3.8, 4) is 28.4 Å². The number of piperidine rings is 1. The largest absolute Gasteiger partial charge is 0.573 e. The molecule has 3 aromatic heterocycles. The van der Waals surface area contributed by atoms with E-state index in [1.807, 2.05) is 4.90 Å². The first kappa shape index (κ1) is 23.5. The van der Waals surface area contributed by atoms with Gasteiger partial charge in [0.25, 0.3) is 0 Å². The number of nitrogens with one attached hydrogen (secondary N) is 1. The predicted octanol–water partition coefficient (Wildman–Crippen LogP) is 4.67. The van der Waals surface area contributed by atoms with Crippen LogP contribution >= 0.6 is 0 Å². The third-order valence-corrected chi connectivity index (χ3v) is 6.02. The third kappa shape index (κ3) is 5.37. The maximum atomic E-state index is 12.5. The van der Waals surface area contributed by atoms with Gasteiger partial charge in [-0.1, -0.05) is 0 Å². The maximum absolute atomic E-state index is 12.5. The molecule has 0 spiro atoms. The molecule has 12 heteroatoms. The number of benzene rings is 1. The fraction of sp³-hybridized carbons (Fsp3) is 0.292. The standard InChI is InChI=1S/C24H21F3N6O3/c25-24(26,27)36-17-2-4-19-20(10-17)32-22(31-19)15-1-3-18(28-11-15)16-12-29-23(30-13-16)33-7-5-14(6-8-33)9-21(34)35/h1-4,10-14H,5-9H2,(H,31,32)(H,34,35). The third-order valence-electron chi connectivity index (χ3n) is 6.02. The minimum atomic E-state index is -4.77. The molecular formula is C24H21F3N6O3. The molecule has 4 heterocycles. The molecule has 0 unspecified atom stereocenters. The number of fused-ring (bicyclic) bond motifs is 1. The Kier molecular flexibility index (Phi) is 6.17. The van der Waals surface area contributed by atoms with E-state index in [-0.39, 0.29) is 18.1 Å². The first-order valence-corrected chi connectivity index (χ1v) is 11.2. The number of hydrogen-bond donors (Lipinski definition) is 2. The first-order valence-electron chi connectivity index (χ1n) is 11.2. The lowest BCUT2D eigenvalue weighted by Gasteiger charge is -2.31. The molecule has 5 rings (SSSR count). The number of H-pyrrole nitrogens is 1. The van der Waals surface area contributed by atoms with Crippen LogP contribution in [0.2, 0.25) is 0 Å². The molecule has 186 valence electrons. The van der Waals surface area contributed by atoms with E-state index in [0.717, 1.165) is 18.4 Å². The molecule has 1 aliphatic heterocycles. The number of carboxylic acid groups (broad SMARTS) is 1. The Hall–Kier alpha value is -4.22. The van der Waals surface area contributed by atoms with Gasteiger partial charge in [0.2, 0.25) is 5.95 Å². The highest BCUT2D eigenvalue weighted by atomic mass is 19.4. The van der Waals surface area contributed by atoms with E-state index in [1.165, 1.54) is 18.2 Å². The molecular weight excluding hydrogens is 477 g/mol. The van der Waals surface area contributed by atoms with E-state index in [0.29, 0.717) is 47.2 Å². The molecule has 1 fully saturated rings. The van der Waals surface area contributed by atoms with Crippen molar-refractivity contribution < 1.29 is 27.8 Å². The van der Waals surface area contributed by atoms with Crippen LogP contribution in [0.25, 0.3) is 33.7 Å². The average Bonchev–Trinajstić information content (AvgIpc) is 3.27. The van der Waals surface area contributed by atoms with Gasteiger partial charge in [-0.2, -0.15) is 0 Å². The highest BCUT2D eigenvalue weighted by Crippen LogP contribution is 2.28. The molecule has 0 aliphatic carbocycles. The Morgan fingerprint density at radius 2 is 1.78 bits per heavy atom. The molecule has 1 aromatic carbocycles. The fourth-order valence-corrected chi connectivity index (χ4v) is 4.23. The Bertz CT molecular complexity index is 1360. The van der Waals surface area contributed by atoms with Crippen LogP contribution in [-0.2, 0) is 4.79 Å². The van der Waals surface area contributed by atoms with Gasteiger partial charge in [-0.25, -0.2) is 15.0 Å². The fourth-order valence-electron chi connectivity index (χ4n) is 4.23. The number of aromatic amines is 1. The number of hydrogen-bond acceptors (Lipinski definition) is 7. The van der Waals surface area contributed by atoms with Crippen molar-refractivity contribution in [3.63, 3.8) is 0 Å². The number of nitrogens with zero attached hydrogens (tertiary/aromatic N) is 5. The number of aromatic nitrogens is 5. The van der Waals surface area contributed by atoms with Gasteiger partial charge in [0, 0.05) is 55.3 Å². The second kappa shape index (κ2) is 9.44. The summed E-state index contributed by atoms with van der Waals surface area (Å²) in [6.45, 7) is 1.43. The van der Waals surface area contributed by atoms with Crippen LogP contribution in [0.3, 0.4) is 0 Å². The molecule has 0 saturated carbocycles. The first-order chi connectivity index (χ1) is 17.2. The van der Waals surface area contributed by atoms with E-state index >= 15 is 0 Å². The number of anilines is 1. The van der Waals surface area contributed by atoms with Crippen LogP contribution in [-0.4, -0.2) is 55.4 Å². The maximum Gasteiger partial charge on any atom is 0.573 e. The number of halogens is 3. The predicted molar refractivity (Wildman–Crippen MR) is 124 cm³/mol. The van der Waals surface area contributed by atoms with E-state index in [2.05, 4.69) is 29.7 Å². The van der Waals surface area contributed by atoms with E-state index < -0.39 is 12.3 Å². The minimum absolute atomic E-state index is 0.183. The second-order valence-electron chi connectivity index (χ2n) is 8.54. The molecule has 4 aromatic rings. The zero-order chi connectivity index (χ0) is 25.3. The SMILES string of the molecule is O=C(O)CC1CCN(c2ncc(-c3ccc(-c4nc5ccc(OC(F)(F)F)cc5[nH]4)cn3)cn2)CC1. The minimum Gasteiger partial charge on any atom is -0.481 e. The van der Waals surface area contributed by atoms with Crippen LogP contribution in [0.15, 0.2) is 48.9 Å². The Morgan fingerprint density at radius 1 is 1.06 bits per heavy atom. The van der Waals surface area contributed by atoms with Crippen molar-refractivity contribution in [2.75, 3.05) is 18.0 Å². The van der Waals surface area contributed by atoms with Crippen molar-refractivity contribution in [1.82, 2.24) is 24.9 Å². The number of rotatable bonds is 6. The van der Waals surface area contributed by atoms with E-state index in [1.54, 1.807) is 30.7 Å². The summed E-state index contributed by atoms with van der Waals surface area (Å²) in [7, 11) is 0. The van der Waals surface area contributed by atoms with Gasteiger partial charge in [-0.3, -0.25) is 9.78 Å². The molecule has 9 nitrogen and oxygen atoms in total. The number of aliphatic carboxylic acids is 1. The molecule has 0 atom stereocenters. The number of alkyl halides is 3. The number of imidazole rings is 1. The number of carboxylic acids is 1. The molecule has 2 N–H and O–H groups in total. The van der Waals surface area contributed by atoms with Gasteiger partial charge in [0.05, 0.1) is 16.7 Å². The summed E-state index contributed by atoms with van der Waals surface area (Å²) in [5, 5.41) is 8.96. The zero-order valence-electron chi connectivity index (χ0n) is 18.9. The highest BCUT2D eigenvalue weighted by molar-refractivity contribution is 5.80. The van der Waals surface area contributed by atoms with Crippen molar-refractivity contribution in [2.24, 2.45) is 5.92 Å². The van der Waals surface area contributed by atoms with E-state index in [9.17, 15) is 18.0 Å². The van der Waals surface area contributed by atoms with Crippen molar-refractivity contribution in [3.05, 3.63) is 48.9 Å².